The first-order valence-corrected chi connectivity index (χ1v) is 7.58. The molecule has 0 amide bonds. The molecule has 2 unspecified atom stereocenters. The summed E-state index contributed by atoms with van der Waals surface area (Å²) in [7, 11) is 2.11. The molecule has 1 saturated carbocycles. The molecular formula is C15H30N2O. The molecule has 106 valence electrons. The average Bonchev–Trinajstić information content (AvgIpc) is 2.31. The van der Waals surface area contributed by atoms with Gasteiger partial charge in [-0.1, -0.05) is 13.8 Å². The van der Waals surface area contributed by atoms with Crippen LogP contribution in [-0.2, 0) is 0 Å². The quantitative estimate of drug-likeness (QED) is 0.807. The van der Waals surface area contributed by atoms with Crippen LogP contribution in [0.3, 0.4) is 0 Å². The number of rotatable bonds is 3. The highest BCUT2D eigenvalue weighted by Crippen LogP contribution is 2.39. The van der Waals surface area contributed by atoms with Crippen molar-refractivity contribution in [1.29, 1.82) is 0 Å². The Labute approximate surface area is 112 Å². The summed E-state index contributed by atoms with van der Waals surface area (Å²) in [6.07, 6.45) is 5.85. The molecule has 2 rings (SSSR count). The lowest BCUT2D eigenvalue weighted by atomic mass is 9.69. The first-order valence-electron chi connectivity index (χ1n) is 7.58. The summed E-state index contributed by atoms with van der Waals surface area (Å²) < 4.78 is 0. The molecule has 3 nitrogen and oxygen atoms in total. The van der Waals surface area contributed by atoms with E-state index in [0.717, 1.165) is 31.8 Å². The summed E-state index contributed by atoms with van der Waals surface area (Å²) in [6.45, 7) is 8.18. The van der Waals surface area contributed by atoms with Gasteiger partial charge in [0.05, 0.1) is 6.10 Å². The number of aliphatic hydroxyl groups excluding tert-OH is 1. The summed E-state index contributed by atoms with van der Waals surface area (Å²) in [4.78, 5) is 2.56. The molecule has 2 fully saturated rings. The second-order valence-electron chi connectivity index (χ2n) is 7.09. The summed E-state index contributed by atoms with van der Waals surface area (Å²) in [5.74, 6) is 0.772. The number of hydrogen-bond donors (Lipinski definition) is 2. The van der Waals surface area contributed by atoms with Crippen LogP contribution in [-0.4, -0.2) is 48.8 Å². The van der Waals surface area contributed by atoms with Gasteiger partial charge >= 0.3 is 0 Å². The zero-order valence-corrected chi connectivity index (χ0v) is 12.3. The van der Waals surface area contributed by atoms with Gasteiger partial charge in [-0.3, -0.25) is 0 Å². The Kier molecular flexibility index (Phi) is 4.68. The Bertz CT molecular complexity index is 259. The maximum atomic E-state index is 9.58. The van der Waals surface area contributed by atoms with E-state index in [1.807, 2.05) is 0 Å². The molecule has 2 N–H and O–H groups in total. The molecule has 0 aromatic heterocycles. The van der Waals surface area contributed by atoms with Gasteiger partial charge in [-0.25, -0.2) is 0 Å². The minimum atomic E-state index is -0.0517. The number of likely N-dealkylation sites (tertiary alicyclic amines) is 1. The summed E-state index contributed by atoms with van der Waals surface area (Å²) in [6, 6.07) is 0.685. The average molecular weight is 254 g/mol. The van der Waals surface area contributed by atoms with Crippen molar-refractivity contribution < 1.29 is 5.11 Å². The third kappa shape index (κ3) is 3.69. The maximum Gasteiger partial charge on any atom is 0.0564 e. The molecule has 0 aromatic rings. The third-order valence-corrected chi connectivity index (χ3v) is 4.94. The topological polar surface area (TPSA) is 35.5 Å². The number of aliphatic hydroxyl groups is 1. The fourth-order valence-electron chi connectivity index (χ4n) is 3.74. The van der Waals surface area contributed by atoms with Crippen molar-refractivity contribution >= 4 is 0 Å². The molecule has 18 heavy (non-hydrogen) atoms. The predicted octanol–water partition coefficient (Wildman–Crippen LogP) is 1.86. The highest BCUT2D eigenvalue weighted by atomic mass is 16.3. The molecule has 0 bridgehead atoms. The number of hydrogen-bond acceptors (Lipinski definition) is 3. The highest BCUT2D eigenvalue weighted by molar-refractivity contribution is 4.90. The number of nitrogens with zero attached hydrogens (tertiary/aromatic N) is 1. The zero-order chi connectivity index (χ0) is 13.2. The van der Waals surface area contributed by atoms with Crippen LogP contribution in [0.1, 0.15) is 46.0 Å². The van der Waals surface area contributed by atoms with Gasteiger partial charge in [-0.15, -0.1) is 0 Å². The molecule has 1 saturated heterocycles. The lowest BCUT2D eigenvalue weighted by molar-refractivity contribution is 0.0521. The van der Waals surface area contributed by atoms with Crippen molar-refractivity contribution in [2.75, 3.05) is 26.7 Å². The van der Waals surface area contributed by atoms with Gasteiger partial charge < -0.3 is 15.3 Å². The van der Waals surface area contributed by atoms with Gasteiger partial charge in [0.25, 0.3) is 0 Å². The second-order valence-corrected chi connectivity index (χ2v) is 7.09. The van der Waals surface area contributed by atoms with E-state index < -0.39 is 0 Å². The van der Waals surface area contributed by atoms with E-state index in [1.54, 1.807) is 0 Å². The molecule has 1 aliphatic heterocycles. The molecule has 0 aromatic carbocycles. The molecular weight excluding hydrogens is 224 g/mol. The third-order valence-electron chi connectivity index (χ3n) is 4.94. The maximum absolute atomic E-state index is 9.58. The Morgan fingerprint density at radius 2 is 1.89 bits per heavy atom. The van der Waals surface area contributed by atoms with Crippen molar-refractivity contribution in [3.8, 4) is 0 Å². The van der Waals surface area contributed by atoms with Crippen LogP contribution in [0.2, 0.25) is 0 Å². The van der Waals surface area contributed by atoms with E-state index in [4.69, 9.17) is 0 Å². The minimum Gasteiger partial charge on any atom is -0.393 e. The Morgan fingerprint density at radius 1 is 1.22 bits per heavy atom. The predicted molar refractivity (Wildman–Crippen MR) is 75.7 cm³/mol. The first-order chi connectivity index (χ1) is 8.50. The normalized spacial score (nSPS) is 34.7. The summed E-state index contributed by atoms with van der Waals surface area (Å²) in [5, 5.41) is 13.1. The molecule has 0 radical (unpaired) electrons. The second kappa shape index (κ2) is 5.89. The van der Waals surface area contributed by atoms with Crippen LogP contribution in [0.5, 0.6) is 0 Å². The zero-order valence-electron chi connectivity index (χ0n) is 12.3. The van der Waals surface area contributed by atoms with Crippen LogP contribution < -0.4 is 5.32 Å². The van der Waals surface area contributed by atoms with Crippen LogP contribution in [0.15, 0.2) is 0 Å². The van der Waals surface area contributed by atoms with Crippen LogP contribution >= 0.6 is 0 Å². The summed E-state index contributed by atoms with van der Waals surface area (Å²) >= 11 is 0. The van der Waals surface area contributed by atoms with Crippen molar-refractivity contribution in [3.05, 3.63) is 0 Å². The molecule has 2 aliphatic rings. The van der Waals surface area contributed by atoms with E-state index in [2.05, 4.69) is 31.1 Å². The summed E-state index contributed by atoms with van der Waals surface area (Å²) in [5.41, 5.74) is 0.507. The Balaban J connectivity index is 1.88. The number of piperidine rings is 1. The highest BCUT2D eigenvalue weighted by Gasteiger charge is 2.35. The largest absolute Gasteiger partial charge is 0.393 e. The van der Waals surface area contributed by atoms with Crippen molar-refractivity contribution in [3.63, 3.8) is 0 Å². The van der Waals surface area contributed by atoms with Gasteiger partial charge in [0.1, 0.15) is 0 Å². The Morgan fingerprint density at radius 3 is 2.50 bits per heavy atom. The van der Waals surface area contributed by atoms with Crippen molar-refractivity contribution in [2.45, 2.75) is 58.1 Å². The van der Waals surface area contributed by atoms with Crippen molar-refractivity contribution in [2.24, 2.45) is 11.3 Å². The Hall–Kier alpha value is -0.120. The van der Waals surface area contributed by atoms with Gasteiger partial charge in [-0.2, -0.15) is 0 Å². The van der Waals surface area contributed by atoms with Crippen LogP contribution in [0, 0.1) is 11.3 Å². The SMILES string of the molecule is CNC1CCC(C)(C)CC1CN1CCC(O)CC1. The monoisotopic (exact) mass is 254 g/mol. The molecule has 1 aliphatic carbocycles. The molecule has 0 spiro atoms. The van der Waals surface area contributed by atoms with Gasteiger partial charge in [0, 0.05) is 25.7 Å². The fourth-order valence-corrected chi connectivity index (χ4v) is 3.74. The smallest absolute Gasteiger partial charge is 0.0564 e. The van der Waals surface area contributed by atoms with Crippen molar-refractivity contribution in [1.82, 2.24) is 10.2 Å². The van der Waals surface area contributed by atoms with Gasteiger partial charge in [0.15, 0.2) is 0 Å². The fraction of sp³-hybridized carbons (Fsp3) is 1.00. The van der Waals surface area contributed by atoms with Crippen LogP contribution in [0.25, 0.3) is 0 Å². The van der Waals surface area contributed by atoms with Gasteiger partial charge in [0.2, 0.25) is 0 Å². The van der Waals surface area contributed by atoms with E-state index in [0.29, 0.717) is 11.5 Å². The van der Waals surface area contributed by atoms with E-state index in [-0.39, 0.29) is 6.10 Å². The lowest BCUT2D eigenvalue weighted by Gasteiger charge is -2.43. The molecule has 1 heterocycles. The van der Waals surface area contributed by atoms with E-state index in [9.17, 15) is 5.11 Å². The van der Waals surface area contributed by atoms with E-state index >= 15 is 0 Å². The first kappa shape index (κ1) is 14.3. The number of nitrogens with one attached hydrogen (secondary N) is 1. The molecule has 3 heteroatoms. The lowest BCUT2D eigenvalue weighted by Crippen LogP contribution is -2.48. The van der Waals surface area contributed by atoms with E-state index in [1.165, 1.54) is 25.8 Å². The van der Waals surface area contributed by atoms with Gasteiger partial charge in [-0.05, 0) is 50.5 Å². The standard InChI is InChI=1S/C15H30N2O/c1-15(2)7-4-14(16-3)12(10-15)11-17-8-5-13(18)6-9-17/h12-14,16,18H,4-11H2,1-3H3. The minimum absolute atomic E-state index is 0.0517. The van der Waals surface area contributed by atoms with Crippen LogP contribution in [0.4, 0.5) is 0 Å². The molecule has 2 atom stereocenters.